The number of nitrogens with one attached hydrogen (secondary N) is 1. The molecule has 1 aliphatic heterocycles. The summed E-state index contributed by atoms with van der Waals surface area (Å²) in [5, 5.41) is 11.7. The third kappa shape index (κ3) is 3.96. The number of halogens is 1. The minimum atomic E-state index is -0.864. The molecule has 2 amide bonds. The largest absolute Gasteiger partial charge is 0.481 e. The predicted molar refractivity (Wildman–Crippen MR) is 79.8 cm³/mol. The number of carbonyl (C=O) groups excluding carboxylic acids is 1. The predicted octanol–water partition coefficient (Wildman–Crippen LogP) is 3.31. The number of amides is 2. The average molecular weight is 341 g/mol. The number of anilines is 1. The SMILES string of the molecule is O=C(O)CC1CCCCN1C(=O)Nc1cccc(Br)c1. The van der Waals surface area contributed by atoms with Crippen LogP contribution in [0.3, 0.4) is 0 Å². The molecule has 5 nitrogen and oxygen atoms in total. The van der Waals surface area contributed by atoms with Crippen LogP contribution >= 0.6 is 15.9 Å². The Hall–Kier alpha value is -1.56. The van der Waals surface area contributed by atoms with E-state index in [1.165, 1.54) is 0 Å². The molecule has 1 aromatic rings. The summed E-state index contributed by atoms with van der Waals surface area (Å²) in [6, 6.07) is 6.89. The lowest BCUT2D eigenvalue weighted by molar-refractivity contribution is -0.138. The van der Waals surface area contributed by atoms with Gasteiger partial charge in [0.2, 0.25) is 0 Å². The maximum atomic E-state index is 12.3. The van der Waals surface area contributed by atoms with E-state index in [4.69, 9.17) is 5.11 Å². The van der Waals surface area contributed by atoms with E-state index in [0.717, 1.165) is 23.7 Å². The van der Waals surface area contributed by atoms with Gasteiger partial charge in [0.1, 0.15) is 0 Å². The van der Waals surface area contributed by atoms with E-state index < -0.39 is 5.97 Å². The molecule has 0 aromatic heterocycles. The van der Waals surface area contributed by atoms with Crippen LogP contribution in [0.1, 0.15) is 25.7 Å². The summed E-state index contributed by atoms with van der Waals surface area (Å²) in [5.41, 5.74) is 0.698. The van der Waals surface area contributed by atoms with Crippen LogP contribution in [-0.2, 0) is 4.79 Å². The quantitative estimate of drug-likeness (QED) is 0.886. The molecule has 0 spiro atoms. The van der Waals surface area contributed by atoms with Crippen molar-refractivity contribution in [2.75, 3.05) is 11.9 Å². The zero-order valence-electron chi connectivity index (χ0n) is 11.0. The monoisotopic (exact) mass is 340 g/mol. The summed E-state index contributed by atoms with van der Waals surface area (Å²) in [5.74, 6) is -0.864. The second kappa shape index (κ2) is 6.74. The van der Waals surface area contributed by atoms with Gasteiger partial charge >= 0.3 is 12.0 Å². The highest BCUT2D eigenvalue weighted by molar-refractivity contribution is 9.10. The summed E-state index contributed by atoms with van der Waals surface area (Å²) >= 11 is 3.35. The Morgan fingerprint density at radius 1 is 1.40 bits per heavy atom. The van der Waals surface area contributed by atoms with Crippen LogP contribution in [0.25, 0.3) is 0 Å². The Morgan fingerprint density at radius 3 is 2.90 bits per heavy atom. The van der Waals surface area contributed by atoms with Gasteiger partial charge in [0.25, 0.3) is 0 Å². The van der Waals surface area contributed by atoms with Crippen LogP contribution in [0, 0.1) is 0 Å². The number of carboxylic acid groups (broad SMARTS) is 1. The van der Waals surface area contributed by atoms with Crippen LogP contribution in [0.2, 0.25) is 0 Å². The van der Waals surface area contributed by atoms with Crippen molar-refractivity contribution in [2.45, 2.75) is 31.7 Å². The number of aliphatic carboxylic acids is 1. The van der Waals surface area contributed by atoms with Crippen molar-refractivity contribution in [3.05, 3.63) is 28.7 Å². The molecule has 20 heavy (non-hydrogen) atoms. The lowest BCUT2D eigenvalue weighted by atomic mass is 10.00. The van der Waals surface area contributed by atoms with Gasteiger partial charge in [-0.05, 0) is 37.5 Å². The van der Waals surface area contributed by atoms with Crippen molar-refractivity contribution < 1.29 is 14.7 Å². The van der Waals surface area contributed by atoms with Gasteiger partial charge < -0.3 is 15.3 Å². The fourth-order valence-electron chi connectivity index (χ4n) is 2.44. The summed E-state index contributed by atoms with van der Waals surface area (Å²) in [6.07, 6.45) is 2.64. The maximum Gasteiger partial charge on any atom is 0.322 e. The lowest BCUT2D eigenvalue weighted by Crippen LogP contribution is -2.46. The zero-order valence-corrected chi connectivity index (χ0v) is 12.6. The third-order valence-electron chi connectivity index (χ3n) is 3.37. The zero-order chi connectivity index (χ0) is 14.5. The van der Waals surface area contributed by atoms with Crippen LogP contribution < -0.4 is 5.32 Å². The standard InChI is InChI=1S/C14H17BrN2O3/c15-10-4-3-5-11(8-10)16-14(20)17-7-2-1-6-12(17)9-13(18)19/h3-5,8,12H,1-2,6-7,9H2,(H,16,20)(H,18,19). The van der Waals surface area contributed by atoms with Gasteiger partial charge in [0, 0.05) is 22.7 Å². The Kier molecular flexibility index (Phi) is 5.00. The van der Waals surface area contributed by atoms with Crippen molar-refractivity contribution >= 4 is 33.6 Å². The average Bonchev–Trinajstić information content (AvgIpc) is 2.38. The number of hydrogen-bond donors (Lipinski definition) is 2. The number of carboxylic acids is 1. The van der Waals surface area contributed by atoms with Crippen LogP contribution in [0.4, 0.5) is 10.5 Å². The Balaban J connectivity index is 2.04. The summed E-state index contributed by atoms with van der Waals surface area (Å²) in [4.78, 5) is 24.8. The fraction of sp³-hybridized carbons (Fsp3) is 0.429. The highest BCUT2D eigenvalue weighted by Gasteiger charge is 2.28. The molecular weight excluding hydrogens is 324 g/mol. The summed E-state index contributed by atoms with van der Waals surface area (Å²) in [7, 11) is 0. The second-order valence-corrected chi connectivity index (χ2v) is 5.80. The molecule has 0 bridgehead atoms. The van der Waals surface area contributed by atoms with Crippen LogP contribution in [0.15, 0.2) is 28.7 Å². The first-order valence-electron chi connectivity index (χ1n) is 6.61. The van der Waals surface area contributed by atoms with E-state index in [1.54, 1.807) is 11.0 Å². The highest BCUT2D eigenvalue weighted by atomic mass is 79.9. The van der Waals surface area contributed by atoms with Gasteiger partial charge in [-0.3, -0.25) is 4.79 Å². The second-order valence-electron chi connectivity index (χ2n) is 4.88. The molecule has 1 saturated heterocycles. The highest BCUT2D eigenvalue weighted by Crippen LogP contribution is 2.22. The number of nitrogens with zero attached hydrogens (tertiary/aromatic N) is 1. The molecule has 2 N–H and O–H groups in total. The first-order chi connectivity index (χ1) is 9.56. The van der Waals surface area contributed by atoms with Crippen molar-refractivity contribution in [3.63, 3.8) is 0 Å². The smallest absolute Gasteiger partial charge is 0.322 e. The van der Waals surface area contributed by atoms with E-state index >= 15 is 0 Å². The molecular formula is C14H17BrN2O3. The van der Waals surface area contributed by atoms with Gasteiger partial charge in [-0.2, -0.15) is 0 Å². The van der Waals surface area contributed by atoms with Crippen molar-refractivity contribution in [2.24, 2.45) is 0 Å². The van der Waals surface area contributed by atoms with Crippen molar-refractivity contribution in [1.29, 1.82) is 0 Å². The van der Waals surface area contributed by atoms with Gasteiger partial charge in [0.05, 0.1) is 6.42 Å². The Labute approximate surface area is 126 Å². The van der Waals surface area contributed by atoms with Crippen molar-refractivity contribution in [3.8, 4) is 0 Å². The topological polar surface area (TPSA) is 69.6 Å². The van der Waals surface area contributed by atoms with E-state index in [-0.39, 0.29) is 18.5 Å². The molecule has 1 unspecified atom stereocenters. The first kappa shape index (κ1) is 14.8. The Bertz CT molecular complexity index is 507. The number of hydrogen-bond acceptors (Lipinski definition) is 2. The molecule has 0 radical (unpaired) electrons. The normalized spacial score (nSPS) is 18.6. The molecule has 1 fully saturated rings. The molecule has 6 heteroatoms. The summed E-state index contributed by atoms with van der Waals surface area (Å²) in [6.45, 7) is 0.609. The third-order valence-corrected chi connectivity index (χ3v) is 3.87. The minimum absolute atomic E-state index is 0.00586. The lowest BCUT2D eigenvalue weighted by Gasteiger charge is -2.34. The van der Waals surface area contributed by atoms with E-state index in [0.29, 0.717) is 12.2 Å². The molecule has 1 aromatic carbocycles. The number of likely N-dealkylation sites (tertiary alicyclic amines) is 1. The first-order valence-corrected chi connectivity index (χ1v) is 7.40. The molecule has 1 atom stereocenters. The molecule has 108 valence electrons. The van der Waals surface area contributed by atoms with Crippen LogP contribution in [0.5, 0.6) is 0 Å². The van der Waals surface area contributed by atoms with Gasteiger partial charge in [-0.1, -0.05) is 22.0 Å². The number of benzene rings is 1. The van der Waals surface area contributed by atoms with E-state index in [2.05, 4.69) is 21.2 Å². The molecule has 2 rings (SSSR count). The molecule has 1 aliphatic rings. The molecule has 0 aliphatic carbocycles. The number of piperidine rings is 1. The number of urea groups is 1. The van der Waals surface area contributed by atoms with E-state index in [1.807, 2.05) is 18.2 Å². The Morgan fingerprint density at radius 2 is 2.20 bits per heavy atom. The molecule has 1 heterocycles. The maximum absolute atomic E-state index is 12.3. The van der Waals surface area contributed by atoms with Gasteiger partial charge in [0.15, 0.2) is 0 Å². The van der Waals surface area contributed by atoms with Crippen LogP contribution in [-0.4, -0.2) is 34.6 Å². The number of carbonyl (C=O) groups is 2. The van der Waals surface area contributed by atoms with Gasteiger partial charge in [-0.15, -0.1) is 0 Å². The minimum Gasteiger partial charge on any atom is -0.481 e. The van der Waals surface area contributed by atoms with E-state index in [9.17, 15) is 9.59 Å². The molecule has 0 saturated carbocycles. The van der Waals surface area contributed by atoms with Gasteiger partial charge in [-0.25, -0.2) is 4.79 Å². The number of rotatable bonds is 3. The van der Waals surface area contributed by atoms with Crippen molar-refractivity contribution in [1.82, 2.24) is 4.90 Å². The fourth-order valence-corrected chi connectivity index (χ4v) is 2.84. The summed E-state index contributed by atoms with van der Waals surface area (Å²) < 4.78 is 0.885.